The van der Waals surface area contributed by atoms with E-state index in [1.54, 1.807) is 6.08 Å². The fraction of sp³-hybridized carbons (Fsp3) is 0.500. The average Bonchev–Trinajstić information content (AvgIpc) is 2.67. The normalized spacial score (nSPS) is 21.6. The lowest BCUT2D eigenvalue weighted by Gasteiger charge is -2.37. The fourth-order valence-corrected chi connectivity index (χ4v) is 3.43. The van der Waals surface area contributed by atoms with Gasteiger partial charge in [-0.1, -0.05) is 24.3 Å². The third-order valence-corrected chi connectivity index (χ3v) is 5.00. The third kappa shape index (κ3) is 5.95. The first-order valence-corrected chi connectivity index (χ1v) is 9.50. The van der Waals surface area contributed by atoms with Crippen molar-refractivity contribution >= 4 is 11.4 Å². The van der Waals surface area contributed by atoms with Gasteiger partial charge in [0, 0.05) is 36.8 Å². The van der Waals surface area contributed by atoms with Crippen LogP contribution in [0.3, 0.4) is 0 Å². The van der Waals surface area contributed by atoms with Gasteiger partial charge in [-0.2, -0.15) is 0 Å². The van der Waals surface area contributed by atoms with Crippen LogP contribution in [0.25, 0.3) is 0 Å². The molecule has 156 valence electrons. The molecule has 28 heavy (non-hydrogen) atoms. The van der Waals surface area contributed by atoms with Gasteiger partial charge in [-0.05, 0) is 31.1 Å². The maximum absolute atomic E-state index is 9.32. The monoisotopic (exact) mass is 392 g/mol. The van der Waals surface area contributed by atoms with E-state index in [0.717, 1.165) is 11.4 Å². The first kappa shape index (κ1) is 22.2. The van der Waals surface area contributed by atoms with E-state index in [4.69, 9.17) is 11.5 Å². The molecular formula is C20H32N4O4. The van der Waals surface area contributed by atoms with E-state index in [1.165, 1.54) is 0 Å². The number of benzene rings is 1. The number of anilines is 2. The van der Waals surface area contributed by atoms with Gasteiger partial charge in [0.15, 0.2) is 6.29 Å². The SMILES string of the molecule is NC1=CC(CNc2ccccc2N(CCO)CCO)C(N)(CCC(O)O)C=C1. The summed E-state index contributed by atoms with van der Waals surface area (Å²) in [6.07, 6.45) is 4.63. The van der Waals surface area contributed by atoms with E-state index < -0.39 is 11.8 Å². The maximum Gasteiger partial charge on any atom is 0.151 e. The van der Waals surface area contributed by atoms with Crippen LogP contribution >= 0.6 is 0 Å². The number of para-hydroxylation sites is 2. The van der Waals surface area contributed by atoms with Crippen LogP contribution in [0, 0.1) is 5.92 Å². The van der Waals surface area contributed by atoms with Crippen molar-refractivity contribution in [2.24, 2.45) is 17.4 Å². The summed E-state index contributed by atoms with van der Waals surface area (Å²) in [6.45, 7) is 1.28. The number of hydrogen-bond donors (Lipinski definition) is 7. The molecule has 1 aromatic rings. The minimum Gasteiger partial charge on any atom is -0.399 e. The number of nitrogens with two attached hydrogens (primary N) is 2. The summed E-state index contributed by atoms with van der Waals surface area (Å²) in [6, 6.07) is 7.67. The van der Waals surface area contributed by atoms with E-state index in [1.807, 2.05) is 41.3 Å². The summed E-state index contributed by atoms with van der Waals surface area (Å²) in [5, 5.41) is 40.5. The summed E-state index contributed by atoms with van der Waals surface area (Å²) in [7, 11) is 0. The van der Waals surface area contributed by atoms with Crippen LogP contribution in [-0.2, 0) is 0 Å². The second-order valence-electron chi connectivity index (χ2n) is 7.07. The van der Waals surface area contributed by atoms with Crippen molar-refractivity contribution in [3.63, 3.8) is 0 Å². The standard InChI is InChI=1S/C20H32N4O4/c21-16-5-7-20(22,8-6-19(27)28)15(13-16)14-23-17-3-1-2-4-18(17)24(9-11-25)10-12-26/h1-5,7,13,15,19,23,25-28H,6,8-12,14,21-22H2. The van der Waals surface area contributed by atoms with Crippen LogP contribution < -0.4 is 21.7 Å². The second kappa shape index (κ2) is 10.4. The van der Waals surface area contributed by atoms with Gasteiger partial charge in [-0.15, -0.1) is 0 Å². The molecule has 8 heteroatoms. The van der Waals surface area contributed by atoms with Gasteiger partial charge < -0.3 is 42.1 Å². The molecule has 1 aliphatic carbocycles. The first-order chi connectivity index (χ1) is 13.4. The Morgan fingerprint density at radius 2 is 1.82 bits per heavy atom. The molecule has 0 amide bonds. The van der Waals surface area contributed by atoms with E-state index in [2.05, 4.69) is 5.32 Å². The zero-order chi connectivity index (χ0) is 20.6. The number of nitrogens with one attached hydrogen (secondary N) is 1. The molecule has 8 nitrogen and oxygen atoms in total. The first-order valence-electron chi connectivity index (χ1n) is 9.50. The highest BCUT2D eigenvalue weighted by atomic mass is 16.5. The van der Waals surface area contributed by atoms with Gasteiger partial charge >= 0.3 is 0 Å². The van der Waals surface area contributed by atoms with Crippen LogP contribution in [0.2, 0.25) is 0 Å². The summed E-state index contributed by atoms with van der Waals surface area (Å²) in [5.41, 5.74) is 14.1. The highest BCUT2D eigenvalue weighted by molar-refractivity contribution is 5.70. The van der Waals surface area contributed by atoms with Gasteiger partial charge in [-0.3, -0.25) is 0 Å². The van der Waals surface area contributed by atoms with Crippen LogP contribution in [0.15, 0.2) is 48.2 Å². The number of allylic oxidation sites excluding steroid dienone is 1. The van der Waals surface area contributed by atoms with Gasteiger partial charge in [0.05, 0.1) is 24.6 Å². The molecular weight excluding hydrogens is 360 g/mol. The zero-order valence-electron chi connectivity index (χ0n) is 16.0. The molecule has 0 aromatic heterocycles. The third-order valence-electron chi connectivity index (χ3n) is 5.00. The molecule has 0 aliphatic heterocycles. The summed E-state index contributed by atoms with van der Waals surface area (Å²) < 4.78 is 0. The lowest BCUT2D eigenvalue weighted by molar-refractivity contribution is -0.0495. The number of aliphatic hydroxyl groups excluding tert-OH is 3. The highest BCUT2D eigenvalue weighted by Crippen LogP contribution is 2.31. The molecule has 0 saturated carbocycles. The fourth-order valence-electron chi connectivity index (χ4n) is 3.43. The Balaban J connectivity index is 2.16. The Morgan fingerprint density at radius 3 is 2.46 bits per heavy atom. The molecule has 2 rings (SSSR count). The summed E-state index contributed by atoms with van der Waals surface area (Å²) in [4.78, 5) is 1.91. The molecule has 1 aliphatic rings. The van der Waals surface area contributed by atoms with Crippen molar-refractivity contribution in [2.75, 3.05) is 43.1 Å². The second-order valence-corrected chi connectivity index (χ2v) is 7.07. The number of nitrogens with zero attached hydrogens (tertiary/aromatic N) is 1. The minimum absolute atomic E-state index is 0.0174. The molecule has 0 heterocycles. The molecule has 0 spiro atoms. The van der Waals surface area contributed by atoms with Crippen molar-refractivity contribution in [3.05, 3.63) is 48.2 Å². The molecule has 2 unspecified atom stereocenters. The molecule has 2 atom stereocenters. The molecule has 0 radical (unpaired) electrons. The topological polar surface area (TPSA) is 148 Å². The van der Waals surface area contributed by atoms with Crippen molar-refractivity contribution in [1.82, 2.24) is 0 Å². The molecule has 9 N–H and O–H groups in total. The Morgan fingerprint density at radius 1 is 1.14 bits per heavy atom. The lowest BCUT2D eigenvalue weighted by atomic mass is 9.77. The van der Waals surface area contributed by atoms with Gasteiger partial charge in [0.1, 0.15) is 0 Å². The Kier molecular flexibility index (Phi) is 8.28. The van der Waals surface area contributed by atoms with E-state index >= 15 is 0 Å². The van der Waals surface area contributed by atoms with Gasteiger partial charge in [-0.25, -0.2) is 0 Å². The Hall–Kier alpha value is -2.10. The predicted molar refractivity (Wildman–Crippen MR) is 111 cm³/mol. The van der Waals surface area contributed by atoms with Gasteiger partial charge in [0.25, 0.3) is 0 Å². The minimum atomic E-state index is -1.41. The summed E-state index contributed by atoms with van der Waals surface area (Å²) in [5.74, 6) is -0.145. The van der Waals surface area contributed by atoms with Gasteiger partial charge in [0.2, 0.25) is 0 Å². The quantitative estimate of drug-likeness (QED) is 0.254. The largest absolute Gasteiger partial charge is 0.399 e. The van der Waals surface area contributed by atoms with Crippen molar-refractivity contribution in [3.8, 4) is 0 Å². The van der Waals surface area contributed by atoms with E-state index in [0.29, 0.717) is 31.8 Å². The number of aliphatic hydroxyl groups is 4. The van der Waals surface area contributed by atoms with Crippen LogP contribution in [0.5, 0.6) is 0 Å². The van der Waals surface area contributed by atoms with Crippen LogP contribution in [0.4, 0.5) is 11.4 Å². The van der Waals surface area contributed by atoms with Crippen LogP contribution in [0.1, 0.15) is 12.8 Å². The Bertz CT molecular complexity index is 674. The molecule has 0 bridgehead atoms. The lowest BCUT2D eigenvalue weighted by Crippen LogP contribution is -2.49. The molecule has 0 fully saturated rings. The van der Waals surface area contributed by atoms with E-state index in [9.17, 15) is 20.4 Å². The number of hydrogen-bond acceptors (Lipinski definition) is 8. The number of rotatable bonds is 11. The predicted octanol–water partition coefficient (Wildman–Crippen LogP) is -0.293. The van der Waals surface area contributed by atoms with Crippen molar-refractivity contribution < 1.29 is 20.4 Å². The highest BCUT2D eigenvalue weighted by Gasteiger charge is 2.33. The summed E-state index contributed by atoms with van der Waals surface area (Å²) >= 11 is 0. The molecule has 0 saturated heterocycles. The Labute approximate surface area is 165 Å². The van der Waals surface area contributed by atoms with E-state index in [-0.39, 0.29) is 25.6 Å². The molecule has 1 aromatic carbocycles. The van der Waals surface area contributed by atoms with Crippen molar-refractivity contribution in [2.45, 2.75) is 24.7 Å². The zero-order valence-corrected chi connectivity index (χ0v) is 16.0. The maximum atomic E-state index is 9.32. The van der Waals surface area contributed by atoms with Crippen LogP contribution in [-0.4, -0.2) is 65.1 Å². The smallest absolute Gasteiger partial charge is 0.151 e. The van der Waals surface area contributed by atoms with Crippen molar-refractivity contribution in [1.29, 1.82) is 0 Å². The average molecular weight is 393 g/mol.